The van der Waals surface area contributed by atoms with Crippen molar-refractivity contribution in [1.82, 2.24) is 14.8 Å². The summed E-state index contributed by atoms with van der Waals surface area (Å²) >= 11 is 0. The number of hydrogen-bond donors (Lipinski definition) is 3. The van der Waals surface area contributed by atoms with E-state index in [1.54, 1.807) is 31.3 Å². The Kier molecular flexibility index (Phi) is 7.09. The van der Waals surface area contributed by atoms with Gasteiger partial charge in [0, 0.05) is 43.1 Å². The van der Waals surface area contributed by atoms with Crippen molar-refractivity contribution < 1.29 is 17.6 Å². The minimum absolute atomic E-state index is 0.238. The molecule has 2 atom stereocenters. The lowest BCUT2D eigenvalue weighted by Crippen LogP contribution is -2.54. The summed E-state index contributed by atoms with van der Waals surface area (Å²) in [7, 11) is 0. The van der Waals surface area contributed by atoms with Gasteiger partial charge < -0.3 is 16.5 Å². The first kappa shape index (κ1) is 24.4. The van der Waals surface area contributed by atoms with Gasteiger partial charge in [0.25, 0.3) is 0 Å². The number of likely N-dealkylation sites (tertiary alicyclic amines) is 1. The number of nitrogens with one attached hydrogen (secondary N) is 2. The number of nitrogens with two attached hydrogens (primary N) is 1. The van der Waals surface area contributed by atoms with Gasteiger partial charge in [-0.2, -0.15) is 13.2 Å². The summed E-state index contributed by atoms with van der Waals surface area (Å²) in [6.07, 6.45) is -0.629. The Bertz CT molecular complexity index is 1000. The third kappa shape index (κ3) is 5.17. The number of halogens is 4. The first-order valence-corrected chi connectivity index (χ1v) is 11.4. The van der Waals surface area contributed by atoms with E-state index in [2.05, 4.69) is 15.2 Å². The van der Waals surface area contributed by atoms with Crippen LogP contribution >= 0.6 is 0 Å². The average Bonchev–Trinajstić information content (AvgIpc) is 2.75. The van der Waals surface area contributed by atoms with E-state index in [0.29, 0.717) is 35.3 Å². The van der Waals surface area contributed by atoms with Crippen LogP contribution in [0.15, 0.2) is 30.5 Å². The van der Waals surface area contributed by atoms with Gasteiger partial charge in [-0.1, -0.05) is 6.07 Å². The maximum absolute atomic E-state index is 13.5. The Morgan fingerprint density at radius 2 is 2.00 bits per heavy atom. The molecule has 4 N–H and O–H groups in total. The number of rotatable bonds is 8. The van der Waals surface area contributed by atoms with Crippen LogP contribution in [0.3, 0.4) is 0 Å². The molecule has 0 aliphatic carbocycles. The van der Waals surface area contributed by atoms with Crippen molar-refractivity contribution in [2.75, 3.05) is 43.9 Å². The van der Waals surface area contributed by atoms with Crippen LogP contribution in [0.2, 0.25) is 0 Å². The second kappa shape index (κ2) is 9.87. The van der Waals surface area contributed by atoms with Crippen molar-refractivity contribution in [2.24, 2.45) is 0 Å². The fourth-order valence-electron chi connectivity index (χ4n) is 5.00. The Labute approximate surface area is 196 Å². The maximum atomic E-state index is 13.5. The van der Waals surface area contributed by atoms with Crippen LogP contribution in [0, 0.1) is 5.41 Å². The fourth-order valence-corrected chi connectivity index (χ4v) is 5.00. The molecule has 1 aromatic carbocycles. The first-order chi connectivity index (χ1) is 16.2. The summed E-state index contributed by atoms with van der Waals surface area (Å²) in [6, 6.07) is 6.13. The predicted octanol–water partition coefficient (Wildman–Crippen LogP) is 4.02. The van der Waals surface area contributed by atoms with Gasteiger partial charge in [-0.15, -0.1) is 0 Å². The Balaban J connectivity index is 1.59. The number of aromatic nitrogens is 1. The van der Waals surface area contributed by atoms with Crippen molar-refractivity contribution in [1.29, 1.82) is 5.41 Å². The molecular formula is C24H30F4N6. The lowest BCUT2D eigenvalue weighted by molar-refractivity contribution is -0.155. The standard InChI is InChI=1S/C24H30F4N6/c1-15-9-19-18(4-5-21(30)20(19)10-29)23(34(15)14-24(26,27)28)22-6-3-16(11-31-22)32-17-12-33(13-17)8-2-7-25/h3-6,10-11,15,17,23,29,32H,2,7-9,12-14,30H2,1H3/t15-,23?/m1/s1. The summed E-state index contributed by atoms with van der Waals surface area (Å²) in [5.41, 5.74) is 9.86. The summed E-state index contributed by atoms with van der Waals surface area (Å²) < 4.78 is 52.8. The summed E-state index contributed by atoms with van der Waals surface area (Å²) in [5.74, 6) is 0. The smallest absolute Gasteiger partial charge is 0.398 e. The normalized spacial score (nSPS) is 21.7. The average molecular weight is 479 g/mol. The second-order valence-electron chi connectivity index (χ2n) is 9.14. The highest BCUT2D eigenvalue weighted by Crippen LogP contribution is 2.41. The minimum atomic E-state index is -4.36. The molecular weight excluding hydrogens is 448 g/mol. The molecule has 0 spiro atoms. The highest BCUT2D eigenvalue weighted by molar-refractivity contribution is 5.88. The van der Waals surface area contributed by atoms with E-state index >= 15 is 0 Å². The topological polar surface area (TPSA) is 81.3 Å². The van der Waals surface area contributed by atoms with Gasteiger partial charge in [-0.05, 0) is 49.1 Å². The molecule has 1 saturated heterocycles. The Morgan fingerprint density at radius 1 is 1.24 bits per heavy atom. The number of fused-ring (bicyclic) bond motifs is 1. The predicted molar refractivity (Wildman–Crippen MR) is 125 cm³/mol. The molecule has 10 heteroatoms. The molecule has 4 rings (SSSR count). The van der Waals surface area contributed by atoms with E-state index in [0.717, 1.165) is 30.9 Å². The van der Waals surface area contributed by atoms with Gasteiger partial charge in [0.15, 0.2) is 0 Å². The number of anilines is 2. The van der Waals surface area contributed by atoms with Crippen LogP contribution in [-0.4, -0.2) is 72.1 Å². The number of pyridine rings is 1. The summed E-state index contributed by atoms with van der Waals surface area (Å²) in [5, 5.41) is 11.2. The van der Waals surface area contributed by atoms with E-state index in [4.69, 9.17) is 11.1 Å². The van der Waals surface area contributed by atoms with Crippen molar-refractivity contribution in [3.05, 3.63) is 52.8 Å². The van der Waals surface area contributed by atoms with E-state index < -0.39 is 24.8 Å². The quantitative estimate of drug-likeness (QED) is 0.303. The monoisotopic (exact) mass is 478 g/mol. The van der Waals surface area contributed by atoms with Crippen LogP contribution in [0.1, 0.15) is 41.8 Å². The fraction of sp³-hybridized carbons (Fsp3) is 0.500. The molecule has 0 radical (unpaired) electrons. The number of benzene rings is 1. The lowest BCUT2D eigenvalue weighted by Gasteiger charge is -2.42. The molecule has 2 aliphatic rings. The summed E-state index contributed by atoms with van der Waals surface area (Å²) in [6.45, 7) is 2.77. The van der Waals surface area contributed by atoms with Crippen molar-refractivity contribution >= 4 is 17.6 Å². The van der Waals surface area contributed by atoms with Crippen molar-refractivity contribution in [2.45, 2.75) is 44.1 Å². The lowest BCUT2D eigenvalue weighted by atomic mass is 9.83. The SMILES string of the molecule is C[C@@H]1Cc2c(ccc(N)c2C=N)C(c2ccc(NC3CN(CCCF)C3)cn2)N1CC(F)(F)F. The third-order valence-corrected chi connectivity index (χ3v) is 6.63. The van der Waals surface area contributed by atoms with Gasteiger partial charge in [0.2, 0.25) is 0 Å². The second-order valence-corrected chi connectivity index (χ2v) is 9.14. The van der Waals surface area contributed by atoms with E-state index in [1.165, 1.54) is 11.1 Å². The van der Waals surface area contributed by atoms with Crippen LogP contribution in [0.4, 0.5) is 28.9 Å². The molecule has 34 heavy (non-hydrogen) atoms. The van der Waals surface area contributed by atoms with E-state index in [9.17, 15) is 17.6 Å². The van der Waals surface area contributed by atoms with E-state index in [-0.39, 0.29) is 12.7 Å². The molecule has 3 heterocycles. The van der Waals surface area contributed by atoms with Crippen LogP contribution in [-0.2, 0) is 6.42 Å². The first-order valence-electron chi connectivity index (χ1n) is 11.4. The highest BCUT2D eigenvalue weighted by atomic mass is 19.4. The number of nitrogens with zero attached hydrogens (tertiary/aromatic N) is 3. The molecule has 0 amide bonds. The molecule has 2 aromatic rings. The van der Waals surface area contributed by atoms with Gasteiger partial charge in [0.05, 0.1) is 42.9 Å². The Hall–Kier alpha value is -2.72. The van der Waals surface area contributed by atoms with Gasteiger partial charge in [-0.3, -0.25) is 19.2 Å². The van der Waals surface area contributed by atoms with E-state index in [1.807, 2.05) is 6.07 Å². The minimum Gasteiger partial charge on any atom is -0.398 e. The number of hydrogen-bond acceptors (Lipinski definition) is 6. The van der Waals surface area contributed by atoms with Gasteiger partial charge >= 0.3 is 6.18 Å². The molecule has 1 fully saturated rings. The zero-order chi connectivity index (χ0) is 24.5. The molecule has 6 nitrogen and oxygen atoms in total. The number of nitrogen functional groups attached to an aromatic ring is 1. The summed E-state index contributed by atoms with van der Waals surface area (Å²) in [4.78, 5) is 8.15. The zero-order valence-corrected chi connectivity index (χ0v) is 19.1. The largest absolute Gasteiger partial charge is 0.401 e. The highest BCUT2D eigenvalue weighted by Gasteiger charge is 2.41. The molecule has 1 aromatic heterocycles. The van der Waals surface area contributed by atoms with Crippen molar-refractivity contribution in [3.63, 3.8) is 0 Å². The maximum Gasteiger partial charge on any atom is 0.401 e. The third-order valence-electron chi connectivity index (χ3n) is 6.63. The van der Waals surface area contributed by atoms with Gasteiger partial charge in [-0.25, -0.2) is 0 Å². The van der Waals surface area contributed by atoms with Crippen LogP contribution in [0.25, 0.3) is 0 Å². The molecule has 1 unspecified atom stereocenters. The van der Waals surface area contributed by atoms with Gasteiger partial charge in [0.1, 0.15) is 0 Å². The molecule has 184 valence electrons. The Morgan fingerprint density at radius 3 is 2.62 bits per heavy atom. The van der Waals surface area contributed by atoms with Crippen LogP contribution in [0.5, 0.6) is 0 Å². The molecule has 0 saturated carbocycles. The van der Waals surface area contributed by atoms with Crippen molar-refractivity contribution in [3.8, 4) is 0 Å². The number of alkyl halides is 4. The van der Waals surface area contributed by atoms with Crippen LogP contribution < -0.4 is 11.1 Å². The zero-order valence-electron chi connectivity index (χ0n) is 19.1. The molecule has 2 aliphatic heterocycles. The molecule has 0 bridgehead atoms.